The summed E-state index contributed by atoms with van der Waals surface area (Å²) in [6.45, 7) is 3.71. The minimum absolute atomic E-state index is 0.303. The average Bonchev–Trinajstić information content (AvgIpc) is 2.33. The van der Waals surface area contributed by atoms with Crippen LogP contribution in [-0.4, -0.2) is 4.83 Å². The van der Waals surface area contributed by atoms with Gasteiger partial charge in [-0.3, -0.25) is 0 Å². The van der Waals surface area contributed by atoms with E-state index in [1.807, 2.05) is 36.4 Å². The van der Waals surface area contributed by atoms with E-state index < -0.39 is 0 Å². The van der Waals surface area contributed by atoms with E-state index in [9.17, 15) is 0 Å². The monoisotopic (exact) mass is 276 g/mol. The Kier molecular flexibility index (Phi) is 6.69. The molecule has 0 heterocycles. The molecule has 0 aliphatic rings. The molecule has 0 saturated heterocycles. The first kappa shape index (κ1) is 13.1. The van der Waals surface area contributed by atoms with E-state index >= 15 is 0 Å². The summed E-state index contributed by atoms with van der Waals surface area (Å²) in [4.78, 5) is 0.303. The Hall–Kier alpha value is -1.00. The van der Waals surface area contributed by atoms with Gasteiger partial charge in [0.2, 0.25) is 0 Å². The van der Waals surface area contributed by atoms with Crippen molar-refractivity contribution in [3.8, 4) is 11.8 Å². The highest BCUT2D eigenvalue weighted by Crippen LogP contribution is 2.10. The number of rotatable bonds is 5. The summed E-state index contributed by atoms with van der Waals surface area (Å²) in [5.74, 6) is 6.38. The maximum Gasteiger partial charge on any atom is 0.0758 e. The van der Waals surface area contributed by atoms with E-state index in [2.05, 4.69) is 34.3 Å². The van der Waals surface area contributed by atoms with Crippen molar-refractivity contribution in [2.75, 3.05) is 0 Å². The zero-order valence-electron chi connectivity index (χ0n) is 9.45. The van der Waals surface area contributed by atoms with Gasteiger partial charge in [0.25, 0.3) is 0 Å². The molecule has 0 saturated carbocycles. The smallest absolute Gasteiger partial charge is 0.0758 e. The molecule has 0 spiro atoms. The van der Waals surface area contributed by atoms with Crippen molar-refractivity contribution in [1.82, 2.24) is 0 Å². The molecule has 0 N–H and O–H groups in total. The number of hydrogen-bond donors (Lipinski definition) is 0. The summed E-state index contributed by atoms with van der Waals surface area (Å²) in [5.41, 5.74) is 1.08. The van der Waals surface area contributed by atoms with Crippen molar-refractivity contribution < 1.29 is 0 Å². The third-order valence-corrected chi connectivity index (χ3v) is 2.95. The van der Waals surface area contributed by atoms with E-state index in [-0.39, 0.29) is 0 Å². The Morgan fingerprint density at radius 3 is 2.69 bits per heavy atom. The molecule has 0 aliphatic carbocycles. The zero-order chi connectivity index (χ0) is 11.6. The molecule has 0 fully saturated rings. The number of benzene rings is 1. The van der Waals surface area contributed by atoms with Crippen LogP contribution >= 0.6 is 15.9 Å². The van der Waals surface area contributed by atoms with E-state index in [0.29, 0.717) is 4.83 Å². The van der Waals surface area contributed by atoms with Crippen LogP contribution in [0.5, 0.6) is 0 Å². The number of halogens is 1. The van der Waals surface area contributed by atoms with Crippen LogP contribution in [0.4, 0.5) is 0 Å². The van der Waals surface area contributed by atoms with Crippen molar-refractivity contribution in [3.05, 3.63) is 48.6 Å². The van der Waals surface area contributed by atoms with Gasteiger partial charge in [-0.15, -0.1) is 6.58 Å². The summed E-state index contributed by atoms with van der Waals surface area (Å²) >= 11 is 3.59. The molecular formula is C15H17Br. The number of hydrogen-bond acceptors (Lipinski definition) is 0. The van der Waals surface area contributed by atoms with Gasteiger partial charge in [0, 0.05) is 5.56 Å². The number of alkyl halides is 1. The lowest BCUT2D eigenvalue weighted by Gasteiger charge is -2.00. The van der Waals surface area contributed by atoms with Crippen LogP contribution in [0.3, 0.4) is 0 Å². The maximum absolute atomic E-state index is 3.71. The molecule has 1 aromatic carbocycles. The number of allylic oxidation sites excluding steroid dienone is 1. The van der Waals surface area contributed by atoms with E-state index in [1.54, 1.807) is 0 Å². The summed E-state index contributed by atoms with van der Waals surface area (Å²) < 4.78 is 0. The third kappa shape index (κ3) is 5.78. The topological polar surface area (TPSA) is 0 Å². The van der Waals surface area contributed by atoms with Crippen molar-refractivity contribution in [2.45, 2.75) is 30.5 Å². The molecule has 1 aromatic rings. The molecular weight excluding hydrogens is 260 g/mol. The predicted molar refractivity (Wildman–Crippen MR) is 74.7 cm³/mol. The summed E-state index contributed by atoms with van der Waals surface area (Å²) in [5, 5.41) is 0. The van der Waals surface area contributed by atoms with Gasteiger partial charge in [-0.2, -0.15) is 0 Å². The van der Waals surface area contributed by atoms with Crippen LogP contribution in [0.2, 0.25) is 0 Å². The van der Waals surface area contributed by atoms with Crippen molar-refractivity contribution in [1.29, 1.82) is 0 Å². The second kappa shape index (κ2) is 8.19. The van der Waals surface area contributed by atoms with Crippen LogP contribution in [-0.2, 0) is 0 Å². The highest BCUT2D eigenvalue weighted by atomic mass is 79.9. The fraction of sp³-hybridized carbons (Fsp3) is 0.333. The molecule has 1 unspecified atom stereocenters. The summed E-state index contributed by atoms with van der Waals surface area (Å²) in [7, 11) is 0. The van der Waals surface area contributed by atoms with Crippen LogP contribution in [0.25, 0.3) is 0 Å². The molecule has 0 aromatic heterocycles. The molecule has 84 valence electrons. The van der Waals surface area contributed by atoms with E-state index in [0.717, 1.165) is 18.4 Å². The molecule has 0 amide bonds. The lowest BCUT2D eigenvalue weighted by atomic mass is 10.1. The van der Waals surface area contributed by atoms with Gasteiger partial charge in [-0.05, 0) is 31.4 Å². The molecule has 1 atom stereocenters. The Morgan fingerprint density at radius 1 is 1.25 bits per heavy atom. The van der Waals surface area contributed by atoms with Crippen LogP contribution < -0.4 is 0 Å². The van der Waals surface area contributed by atoms with Crippen LogP contribution in [0.15, 0.2) is 43.0 Å². The van der Waals surface area contributed by atoms with Gasteiger partial charge in [-0.25, -0.2) is 0 Å². The van der Waals surface area contributed by atoms with Crippen LogP contribution in [0, 0.1) is 11.8 Å². The van der Waals surface area contributed by atoms with Gasteiger partial charge < -0.3 is 0 Å². The first-order valence-corrected chi connectivity index (χ1v) is 6.56. The second-order valence-electron chi connectivity index (χ2n) is 3.68. The molecule has 0 aliphatic heterocycles. The summed E-state index contributed by atoms with van der Waals surface area (Å²) in [6, 6.07) is 10.1. The highest BCUT2D eigenvalue weighted by Gasteiger charge is 1.97. The van der Waals surface area contributed by atoms with Gasteiger partial charge >= 0.3 is 0 Å². The predicted octanol–water partition coefficient (Wildman–Crippen LogP) is 4.55. The molecule has 1 rings (SSSR count). The van der Waals surface area contributed by atoms with Crippen LogP contribution in [0.1, 0.15) is 31.2 Å². The van der Waals surface area contributed by atoms with E-state index in [4.69, 9.17) is 0 Å². The van der Waals surface area contributed by atoms with Gasteiger partial charge in [0.05, 0.1) is 4.83 Å². The van der Waals surface area contributed by atoms with Gasteiger partial charge in [0.1, 0.15) is 0 Å². The minimum Gasteiger partial charge on any atom is -0.103 e. The maximum atomic E-state index is 3.71. The number of unbranched alkanes of at least 4 members (excludes halogenated alkanes) is 2. The standard InChI is InChI=1S/C15H17Br/c1-2-3-4-8-11-15(16)13-12-14-9-6-5-7-10-14/h2,5-7,9-10,15H,1,3-4,8,11H2. The van der Waals surface area contributed by atoms with Crippen molar-refractivity contribution in [3.63, 3.8) is 0 Å². The van der Waals surface area contributed by atoms with Crippen molar-refractivity contribution >= 4 is 15.9 Å². The molecule has 1 heteroatoms. The Bertz CT molecular complexity index is 356. The molecule has 16 heavy (non-hydrogen) atoms. The first-order chi connectivity index (χ1) is 7.83. The Labute approximate surface area is 107 Å². The quantitative estimate of drug-likeness (QED) is 0.320. The van der Waals surface area contributed by atoms with Crippen molar-refractivity contribution in [2.24, 2.45) is 0 Å². The first-order valence-electron chi connectivity index (χ1n) is 5.64. The Morgan fingerprint density at radius 2 is 2.00 bits per heavy atom. The molecule has 0 bridgehead atoms. The van der Waals surface area contributed by atoms with Gasteiger partial charge in [-0.1, -0.05) is 58.5 Å². The largest absolute Gasteiger partial charge is 0.103 e. The highest BCUT2D eigenvalue weighted by molar-refractivity contribution is 9.09. The molecule has 0 radical (unpaired) electrons. The van der Waals surface area contributed by atoms with Gasteiger partial charge in [0.15, 0.2) is 0 Å². The molecule has 0 nitrogen and oxygen atoms in total. The SMILES string of the molecule is C=CCCCCC(Br)C#Cc1ccccc1. The third-order valence-electron chi connectivity index (χ3n) is 2.26. The fourth-order valence-corrected chi connectivity index (χ4v) is 1.81. The minimum atomic E-state index is 0.303. The second-order valence-corrected chi connectivity index (χ2v) is 4.78. The summed E-state index contributed by atoms with van der Waals surface area (Å²) in [6.07, 6.45) is 6.59. The normalized spacial score (nSPS) is 11.3. The lowest BCUT2D eigenvalue weighted by Crippen LogP contribution is -1.93. The Balaban J connectivity index is 2.31. The average molecular weight is 277 g/mol. The van der Waals surface area contributed by atoms with E-state index in [1.165, 1.54) is 12.8 Å². The lowest BCUT2D eigenvalue weighted by molar-refractivity contribution is 0.713. The fourth-order valence-electron chi connectivity index (χ4n) is 1.37. The zero-order valence-corrected chi connectivity index (χ0v) is 11.0.